The molecule has 138 valence electrons. The van der Waals surface area contributed by atoms with Gasteiger partial charge in [-0.1, -0.05) is 34.8 Å². The molecule has 3 aromatic rings. The van der Waals surface area contributed by atoms with Crippen molar-refractivity contribution in [2.24, 2.45) is 0 Å². The average molecular weight is 400 g/mol. The lowest BCUT2D eigenvalue weighted by atomic mass is 10.1. The molecule has 0 aliphatic heterocycles. The third-order valence-corrected chi connectivity index (χ3v) is 4.41. The van der Waals surface area contributed by atoms with Crippen LogP contribution in [0.3, 0.4) is 0 Å². The summed E-state index contributed by atoms with van der Waals surface area (Å²) in [5.41, 5.74) is 2.61. The van der Waals surface area contributed by atoms with Gasteiger partial charge in [-0.25, -0.2) is 0 Å². The van der Waals surface area contributed by atoms with Gasteiger partial charge in [-0.15, -0.1) is 5.10 Å². The monoisotopic (exact) mass is 399 g/mol. The van der Waals surface area contributed by atoms with Crippen molar-refractivity contribution in [3.8, 4) is 0 Å². The van der Waals surface area contributed by atoms with Crippen molar-refractivity contribution in [3.05, 3.63) is 71.2 Å². The highest BCUT2D eigenvalue weighted by molar-refractivity contribution is 7.80. The zero-order valence-corrected chi connectivity index (χ0v) is 15.8. The van der Waals surface area contributed by atoms with Crippen LogP contribution in [0.1, 0.15) is 22.1 Å². The highest BCUT2D eigenvalue weighted by atomic mass is 32.1. The summed E-state index contributed by atoms with van der Waals surface area (Å²) in [4.78, 5) is 11.9. The Hall–Kier alpha value is -2.88. The lowest BCUT2D eigenvalue weighted by molar-refractivity contribution is 0.102. The van der Waals surface area contributed by atoms with Crippen molar-refractivity contribution in [1.82, 2.24) is 14.9 Å². The number of aliphatic hydroxyl groups excluding tert-OH is 1. The molecule has 1 amide bonds. The minimum absolute atomic E-state index is 0.0811. The quantitative estimate of drug-likeness (QED) is 0.473. The van der Waals surface area contributed by atoms with Crippen molar-refractivity contribution >= 4 is 46.1 Å². The van der Waals surface area contributed by atoms with Crippen molar-refractivity contribution < 1.29 is 9.90 Å². The third-order valence-electron chi connectivity index (χ3n) is 3.68. The summed E-state index contributed by atoms with van der Waals surface area (Å²) in [7, 11) is 0. The Kier molecular flexibility index (Phi) is 6.42. The summed E-state index contributed by atoms with van der Waals surface area (Å²) >= 11 is 6.44. The normalized spacial score (nSPS) is 11.4. The Morgan fingerprint density at radius 3 is 2.33 bits per heavy atom. The second-order valence-electron chi connectivity index (χ2n) is 5.57. The van der Waals surface area contributed by atoms with Crippen molar-refractivity contribution in [3.63, 3.8) is 0 Å². The van der Waals surface area contributed by atoms with E-state index in [-0.39, 0.29) is 24.2 Å². The Bertz CT molecular complexity index is 886. The summed E-state index contributed by atoms with van der Waals surface area (Å²) in [6, 6.07) is 16.4. The molecule has 27 heavy (non-hydrogen) atoms. The van der Waals surface area contributed by atoms with Crippen LogP contribution in [0.4, 0.5) is 11.4 Å². The van der Waals surface area contributed by atoms with E-state index in [1.54, 1.807) is 29.6 Å². The first-order valence-corrected chi connectivity index (χ1v) is 9.32. The van der Waals surface area contributed by atoms with Gasteiger partial charge in [0, 0.05) is 16.8 Å². The molecule has 0 aliphatic rings. The first-order valence-electron chi connectivity index (χ1n) is 8.07. The molecule has 0 aliphatic carbocycles. The van der Waals surface area contributed by atoms with Crippen molar-refractivity contribution in [2.75, 3.05) is 17.2 Å². The van der Waals surface area contributed by atoms with Gasteiger partial charge in [-0.2, -0.15) is 0 Å². The van der Waals surface area contributed by atoms with Crippen LogP contribution >= 0.6 is 23.8 Å². The van der Waals surface area contributed by atoms with E-state index < -0.39 is 0 Å². The smallest absolute Gasteiger partial charge is 0.277 e. The summed E-state index contributed by atoms with van der Waals surface area (Å²) < 4.78 is 3.67. The summed E-state index contributed by atoms with van der Waals surface area (Å²) in [5, 5.41) is 24.2. The average Bonchev–Trinajstić information content (AvgIpc) is 3.23. The van der Waals surface area contributed by atoms with Gasteiger partial charge in [-0.3, -0.25) is 4.79 Å². The van der Waals surface area contributed by atoms with E-state index in [0.29, 0.717) is 10.8 Å². The van der Waals surface area contributed by atoms with Gasteiger partial charge in [0.2, 0.25) is 0 Å². The van der Waals surface area contributed by atoms with Gasteiger partial charge in [0.25, 0.3) is 5.91 Å². The molecule has 2 aromatic carbocycles. The predicted molar refractivity (Wildman–Crippen MR) is 110 cm³/mol. The van der Waals surface area contributed by atoms with Gasteiger partial charge < -0.3 is 21.1 Å². The maximum atomic E-state index is 11.9. The largest absolute Gasteiger partial charge is 0.394 e. The van der Waals surface area contributed by atoms with Crippen LogP contribution in [0.25, 0.3) is 0 Å². The van der Waals surface area contributed by atoms with Crippen molar-refractivity contribution in [2.45, 2.75) is 6.04 Å². The molecule has 0 radical (unpaired) electrons. The fourth-order valence-corrected chi connectivity index (χ4v) is 3.04. The number of aromatic nitrogens is 2. The molecule has 1 atom stereocenters. The minimum atomic E-state index is -0.310. The number of hydrogen-bond acceptors (Lipinski definition) is 6. The number of benzene rings is 2. The van der Waals surface area contributed by atoms with E-state index in [1.165, 1.54) is 0 Å². The Labute approximate surface area is 165 Å². The van der Waals surface area contributed by atoms with E-state index in [1.807, 2.05) is 30.3 Å². The molecule has 4 N–H and O–H groups in total. The SMILES string of the molecule is O=C(Nc1ccc(NC(=S)NC(CO)c2ccccc2)cc1)c1csnn1. The van der Waals surface area contributed by atoms with Gasteiger partial charge >= 0.3 is 0 Å². The van der Waals surface area contributed by atoms with Gasteiger partial charge in [-0.05, 0) is 53.6 Å². The maximum absolute atomic E-state index is 11.9. The van der Waals surface area contributed by atoms with E-state index in [0.717, 1.165) is 22.8 Å². The molecule has 0 spiro atoms. The molecule has 0 saturated heterocycles. The van der Waals surface area contributed by atoms with Crippen LogP contribution in [-0.4, -0.2) is 32.3 Å². The van der Waals surface area contributed by atoms with E-state index in [2.05, 4.69) is 25.5 Å². The molecule has 1 unspecified atom stereocenters. The lowest BCUT2D eigenvalue weighted by Crippen LogP contribution is -2.34. The van der Waals surface area contributed by atoms with E-state index in [4.69, 9.17) is 12.2 Å². The zero-order chi connectivity index (χ0) is 19.1. The number of aliphatic hydroxyl groups is 1. The molecule has 3 rings (SSSR count). The molecule has 0 fully saturated rings. The summed E-state index contributed by atoms with van der Waals surface area (Å²) in [5.74, 6) is -0.310. The Morgan fingerprint density at radius 1 is 1.07 bits per heavy atom. The van der Waals surface area contributed by atoms with E-state index >= 15 is 0 Å². The second kappa shape index (κ2) is 9.17. The molecule has 1 heterocycles. The standard InChI is InChI=1S/C18H17N5O2S2/c24-10-15(12-4-2-1-3-5-12)21-18(26)20-14-8-6-13(7-9-14)19-17(25)16-11-27-23-22-16/h1-9,11,15,24H,10H2,(H,19,25)(H2,20,21,26). The Balaban J connectivity index is 1.56. The molecule has 1 aromatic heterocycles. The highest BCUT2D eigenvalue weighted by Gasteiger charge is 2.12. The highest BCUT2D eigenvalue weighted by Crippen LogP contribution is 2.16. The number of rotatable bonds is 6. The zero-order valence-electron chi connectivity index (χ0n) is 14.1. The number of nitrogens with one attached hydrogen (secondary N) is 3. The van der Waals surface area contributed by atoms with Gasteiger partial charge in [0.15, 0.2) is 10.8 Å². The first-order chi connectivity index (χ1) is 13.2. The molecule has 0 saturated carbocycles. The van der Waals surface area contributed by atoms with Crippen LogP contribution < -0.4 is 16.0 Å². The lowest BCUT2D eigenvalue weighted by Gasteiger charge is -2.19. The molecular formula is C18H17N5O2S2. The minimum Gasteiger partial charge on any atom is -0.394 e. The van der Waals surface area contributed by atoms with Crippen molar-refractivity contribution in [1.29, 1.82) is 0 Å². The van der Waals surface area contributed by atoms with Crippen LogP contribution in [0.2, 0.25) is 0 Å². The number of carbonyl (C=O) groups excluding carboxylic acids is 1. The number of thiocarbonyl (C=S) groups is 1. The Morgan fingerprint density at radius 2 is 1.74 bits per heavy atom. The summed E-state index contributed by atoms with van der Waals surface area (Å²) in [6.45, 7) is -0.0811. The third kappa shape index (κ3) is 5.30. The molecule has 0 bridgehead atoms. The number of carbonyl (C=O) groups is 1. The van der Waals surface area contributed by atoms with Crippen LogP contribution in [-0.2, 0) is 0 Å². The summed E-state index contributed by atoms with van der Waals surface area (Å²) in [6.07, 6.45) is 0. The fourth-order valence-electron chi connectivity index (χ4n) is 2.34. The molecular weight excluding hydrogens is 382 g/mol. The van der Waals surface area contributed by atoms with Crippen LogP contribution in [0.15, 0.2) is 60.0 Å². The van der Waals surface area contributed by atoms with E-state index in [9.17, 15) is 9.90 Å². The fraction of sp³-hybridized carbons (Fsp3) is 0.111. The van der Waals surface area contributed by atoms with Gasteiger partial charge in [0.05, 0.1) is 12.6 Å². The predicted octanol–water partition coefficient (Wildman–Crippen LogP) is 2.81. The number of amides is 1. The second-order valence-corrected chi connectivity index (χ2v) is 6.58. The first kappa shape index (κ1) is 18.9. The number of anilines is 2. The topological polar surface area (TPSA) is 99.2 Å². The molecule has 9 heteroatoms. The van der Waals surface area contributed by atoms with Crippen LogP contribution in [0.5, 0.6) is 0 Å². The number of hydrogen-bond donors (Lipinski definition) is 4. The maximum Gasteiger partial charge on any atom is 0.277 e. The van der Waals surface area contributed by atoms with Gasteiger partial charge in [0.1, 0.15) is 0 Å². The number of nitrogens with zero attached hydrogens (tertiary/aromatic N) is 2. The molecule has 7 nitrogen and oxygen atoms in total. The van der Waals surface area contributed by atoms with Crippen LogP contribution in [0, 0.1) is 0 Å².